The van der Waals surface area contributed by atoms with Gasteiger partial charge in [0.15, 0.2) is 6.29 Å². The summed E-state index contributed by atoms with van der Waals surface area (Å²) in [5.41, 5.74) is 0.713. The number of unbranched alkanes of at least 4 members (excludes halogenated alkanes) is 11. The van der Waals surface area contributed by atoms with E-state index in [4.69, 9.17) is 9.47 Å². The predicted octanol–water partition coefficient (Wildman–Crippen LogP) is 2.27. The normalized spacial score (nSPS) is 25.0. The third kappa shape index (κ3) is 13.0. The number of aliphatic hydroxyl groups excluding tert-OH is 6. The molecule has 0 amide bonds. The Morgan fingerprint density at radius 1 is 0.884 bits per heavy atom. The number of rotatable bonds is 22. The van der Waals surface area contributed by atoms with Crippen LogP contribution in [0.5, 0.6) is 0 Å². The topological polar surface area (TPSA) is 186 Å². The molecule has 2 unspecified atom stereocenters. The lowest BCUT2D eigenvalue weighted by Gasteiger charge is -2.40. The Morgan fingerprint density at radius 3 is 2.02 bits per heavy atom. The van der Waals surface area contributed by atoms with Gasteiger partial charge in [0.05, 0.1) is 36.4 Å². The number of benzene rings is 1. The molecule has 2 rings (SSSR count). The Hall–Kier alpha value is -1.19. The maximum absolute atomic E-state index is 13.2. The highest BCUT2D eigenvalue weighted by molar-refractivity contribution is 7.89. The lowest BCUT2D eigenvalue weighted by Crippen LogP contribution is -2.60. The Bertz CT molecular complexity index is 995. The van der Waals surface area contributed by atoms with Gasteiger partial charge in [-0.1, -0.05) is 96.1 Å². The highest BCUT2D eigenvalue weighted by atomic mass is 32.2. The van der Waals surface area contributed by atoms with Crippen molar-refractivity contribution in [2.45, 2.75) is 151 Å². The van der Waals surface area contributed by atoms with Gasteiger partial charge in [0.2, 0.25) is 10.0 Å². The van der Waals surface area contributed by atoms with Crippen LogP contribution in [0.2, 0.25) is 0 Å². The van der Waals surface area contributed by atoms with Gasteiger partial charge in [0, 0.05) is 0 Å². The Labute approximate surface area is 257 Å². The zero-order valence-electron chi connectivity index (χ0n) is 25.8. The quantitative estimate of drug-likeness (QED) is 0.0934. The first-order valence-corrected chi connectivity index (χ1v) is 17.4. The van der Waals surface area contributed by atoms with Gasteiger partial charge in [-0.05, 0) is 31.0 Å². The van der Waals surface area contributed by atoms with Crippen LogP contribution in [0.4, 0.5) is 0 Å². The van der Waals surface area contributed by atoms with Crippen molar-refractivity contribution in [1.82, 2.24) is 4.72 Å². The van der Waals surface area contributed by atoms with Gasteiger partial charge in [0.1, 0.15) is 24.4 Å². The van der Waals surface area contributed by atoms with E-state index in [1.807, 2.05) is 0 Å². The summed E-state index contributed by atoms with van der Waals surface area (Å²) in [5, 5.41) is 61.6. The monoisotopic (exact) mass is 633 g/mol. The third-order valence-electron chi connectivity index (χ3n) is 8.05. The average Bonchev–Trinajstić information content (AvgIpc) is 2.98. The minimum atomic E-state index is -4.14. The lowest BCUT2D eigenvalue weighted by atomic mass is 9.99. The molecule has 0 radical (unpaired) electrons. The number of hydrogen-bond acceptors (Lipinski definition) is 10. The molecule has 12 heteroatoms. The van der Waals surface area contributed by atoms with E-state index in [9.17, 15) is 39.1 Å². The fourth-order valence-corrected chi connectivity index (χ4v) is 6.63. The van der Waals surface area contributed by atoms with Crippen molar-refractivity contribution in [3.63, 3.8) is 0 Å². The molecule has 1 aliphatic heterocycles. The van der Waals surface area contributed by atoms with Crippen LogP contribution in [0.3, 0.4) is 0 Å². The molecule has 8 atom stereocenters. The standard InChI is InChI=1S/C31H55NO10S/c1-3-4-5-6-7-8-9-10-11-12-13-14-18-25(34)27(35)24(32-43(39,40)23-17-15-16-22(2)19-23)21-41-31-30(38)29(37)28(36)26(20-33)42-31/h15-17,19,24-38H,3-14,18,20-21H2,1-2H3/t24-,25+,26?,27-,28-,29-,30?,31-/m0/s1. The predicted molar refractivity (Wildman–Crippen MR) is 163 cm³/mol. The largest absolute Gasteiger partial charge is 0.394 e. The molecule has 1 aromatic rings. The highest BCUT2D eigenvalue weighted by Gasteiger charge is 2.44. The Balaban J connectivity index is 1.92. The van der Waals surface area contributed by atoms with Gasteiger partial charge in [-0.15, -0.1) is 0 Å². The van der Waals surface area contributed by atoms with Crippen molar-refractivity contribution < 1.29 is 48.5 Å². The van der Waals surface area contributed by atoms with Crippen LogP contribution in [0, 0.1) is 6.92 Å². The van der Waals surface area contributed by atoms with Crippen LogP contribution in [-0.2, 0) is 19.5 Å². The fraction of sp³-hybridized carbons (Fsp3) is 0.806. The first-order chi connectivity index (χ1) is 20.5. The molecule has 7 N–H and O–H groups in total. The van der Waals surface area contributed by atoms with Crippen LogP contribution in [0.1, 0.15) is 96.0 Å². The number of sulfonamides is 1. The van der Waals surface area contributed by atoms with E-state index in [0.717, 1.165) is 19.3 Å². The molecule has 0 bridgehead atoms. The first kappa shape index (κ1) is 38.0. The van der Waals surface area contributed by atoms with Crippen molar-refractivity contribution in [1.29, 1.82) is 0 Å². The minimum absolute atomic E-state index is 0.0343. The van der Waals surface area contributed by atoms with E-state index in [2.05, 4.69) is 11.6 Å². The number of hydrogen-bond donors (Lipinski definition) is 7. The van der Waals surface area contributed by atoms with E-state index in [0.29, 0.717) is 12.0 Å². The number of nitrogens with one attached hydrogen (secondary N) is 1. The molecule has 11 nitrogen and oxygen atoms in total. The average molecular weight is 634 g/mol. The molecule has 0 aromatic heterocycles. The summed E-state index contributed by atoms with van der Waals surface area (Å²) < 4.78 is 39.6. The summed E-state index contributed by atoms with van der Waals surface area (Å²) in [6.45, 7) is 2.76. The number of ether oxygens (including phenoxy) is 2. The van der Waals surface area contributed by atoms with E-state index in [-0.39, 0.29) is 11.3 Å². The Kier molecular flexibility index (Phi) is 17.7. The molecule has 1 heterocycles. The zero-order valence-corrected chi connectivity index (χ0v) is 26.6. The van der Waals surface area contributed by atoms with Gasteiger partial charge in [0.25, 0.3) is 0 Å². The maximum Gasteiger partial charge on any atom is 0.240 e. The molecule has 1 fully saturated rings. The summed E-state index contributed by atoms with van der Waals surface area (Å²) in [6.07, 6.45) is 3.54. The van der Waals surface area contributed by atoms with Crippen molar-refractivity contribution in [2.75, 3.05) is 13.2 Å². The second kappa shape index (κ2) is 20.0. The van der Waals surface area contributed by atoms with Crippen LogP contribution in [-0.4, -0.2) is 101 Å². The second-order valence-electron chi connectivity index (χ2n) is 11.8. The van der Waals surface area contributed by atoms with E-state index in [1.54, 1.807) is 19.1 Å². The molecule has 1 aliphatic rings. The summed E-state index contributed by atoms with van der Waals surface area (Å²) >= 11 is 0. The van der Waals surface area contributed by atoms with Crippen molar-refractivity contribution in [2.24, 2.45) is 0 Å². The number of aryl methyl sites for hydroxylation is 1. The summed E-state index contributed by atoms with van der Waals surface area (Å²) in [7, 11) is -4.14. The molecule has 0 saturated carbocycles. The highest BCUT2D eigenvalue weighted by Crippen LogP contribution is 2.23. The smallest absolute Gasteiger partial charge is 0.240 e. The van der Waals surface area contributed by atoms with Gasteiger partial charge < -0.3 is 40.1 Å². The van der Waals surface area contributed by atoms with E-state index < -0.39 is 72.2 Å². The van der Waals surface area contributed by atoms with E-state index >= 15 is 0 Å². The maximum atomic E-state index is 13.2. The van der Waals surface area contributed by atoms with Crippen LogP contribution in [0.15, 0.2) is 29.2 Å². The second-order valence-corrected chi connectivity index (χ2v) is 13.5. The molecule has 250 valence electrons. The lowest BCUT2D eigenvalue weighted by molar-refractivity contribution is -0.303. The summed E-state index contributed by atoms with van der Waals surface area (Å²) in [5.74, 6) is 0. The minimum Gasteiger partial charge on any atom is -0.394 e. The van der Waals surface area contributed by atoms with Crippen LogP contribution >= 0.6 is 0 Å². The SMILES string of the molecule is CCCCCCCCCCCCCC[C@@H](O)[C@@H](O)[C@H](CO[C@H]1OC(CO)[C@H](O)[C@H](O)C1O)NS(=O)(=O)c1cccc(C)c1. The van der Waals surface area contributed by atoms with E-state index in [1.165, 1.54) is 63.5 Å². The van der Waals surface area contributed by atoms with Gasteiger partial charge >= 0.3 is 0 Å². The van der Waals surface area contributed by atoms with Gasteiger partial charge in [-0.3, -0.25) is 0 Å². The van der Waals surface area contributed by atoms with Crippen molar-refractivity contribution >= 4 is 10.0 Å². The molecule has 0 aliphatic carbocycles. The molecule has 1 aromatic carbocycles. The van der Waals surface area contributed by atoms with Gasteiger partial charge in [-0.25, -0.2) is 13.1 Å². The zero-order chi connectivity index (χ0) is 31.8. The summed E-state index contributed by atoms with van der Waals surface area (Å²) in [6, 6.07) is 4.85. The molecular weight excluding hydrogens is 578 g/mol. The molecule has 1 saturated heterocycles. The molecule has 43 heavy (non-hydrogen) atoms. The summed E-state index contributed by atoms with van der Waals surface area (Å²) in [4.78, 5) is -0.0343. The Morgan fingerprint density at radius 2 is 1.47 bits per heavy atom. The number of aliphatic hydroxyl groups is 6. The van der Waals surface area contributed by atoms with Gasteiger partial charge in [-0.2, -0.15) is 0 Å². The van der Waals surface area contributed by atoms with Crippen molar-refractivity contribution in [3.8, 4) is 0 Å². The first-order valence-electron chi connectivity index (χ1n) is 15.9. The molecular formula is C31H55NO10S. The van der Waals surface area contributed by atoms with Crippen molar-refractivity contribution in [3.05, 3.63) is 29.8 Å². The third-order valence-corrected chi connectivity index (χ3v) is 9.54. The fourth-order valence-electron chi connectivity index (χ4n) is 5.29. The van der Waals surface area contributed by atoms with Crippen LogP contribution in [0.25, 0.3) is 0 Å². The molecule has 0 spiro atoms. The van der Waals surface area contributed by atoms with Crippen LogP contribution < -0.4 is 4.72 Å².